The van der Waals surface area contributed by atoms with Crippen LogP contribution in [0.3, 0.4) is 0 Å². The van der Waals surface area contributed by atoms with Crippen molar-refractivity contribution < 1.29 is 14.7 Å². The molecule has 2 amide bonds. The molecule has 2 aromatic carbocycles. The summed E-state index contributed by atoms with van der Waals surface area (Å²) in [5.74, 6) is -0.447. The van der Waals surface area contributed by atoms with Gasteiger partial charge in [0.15, 0.2) is 0 Å². The van der Waals surface area contributed by atoms with Crippen LogP contribution >= 0.6 is 0 Å². The average Bonchev–Trinajstić information content (AvgIpc) is 2.67. The van der Waals surface area contributed by atoms with Crippen LogP contribution in [0.15, 0.2) is 54.6 Å². The number of rotatable bonds is 9. The summed E-state index contributed by atoms with van der Waals surface area (Å²) in [6.07, 6.45) is 2.05. The number of benzene rings is 2. The normalized spacial score (nSPS) is 12.8. The lowest BCUT2D eigenvalue weighted by atomic mass is 10.1. The smallest absolute Gasteiger partial charge is 0.242 e. The third kappa shape index (κ3) is 7.11. The van der Waals surface area contributed by atoms with Crippen molar-refractivity contribution in [1.82, 2.24) is 10.6 Å². The zero-order valence-corrected chi connectivity index (χ0v) is 15.5. The highest BCUT2D eigenvalue weighted by Crippen LogP contribution is 2.11. The number of aromatic hydroxyl groups is 1. The zero-order valence-electron chi connectivity index (χ0n) is 15.5. The largest absolute Gasteiger partial charge is 0.508 e. The predicted octanol–water partition coefficient (Wildman–Crippen LogP) is 1.52. The van der Waals surface area contributed by atoms with Gasteiger partial charge in [-0.2, -0.15) is 0 Å². The minimum Gasteiger partial charge on any atom is -0.508 e. The molecule has 2 unspecified atom stereocenters. The van der Waals surface area contributed by atoms with Gasteiger partial charge in [-0.3, -0.25) is 9.59 Å². The van der Waals surface area contributed by atoms with Crippen LogP contribution in [0.1, 0.15) is 24.5 Å². The van der Waals surface area contributed by atoms with E-state index in [1.807, 2.05) is 18.2 Å². The highest BCUT2D eigenvalue weighted by Gasteiger charge is 2.20. The molecule has 0 spiro atoms. The topological polar surface area (TPSA) is 104 Å². The summed E-state index contributed by atoms with van der Waals surface area (Å²) in [7, 11) is 0. The minimum atomic E-state index is -0.761. The quantitative estimate of drug-likeness (QED) is 0.503. The van der Waals surface area contributed by atoms with Crippen molar-refractivity contribution in [3.05, 3.63) is 65.7 Å². The zero-order chi connectivity index (χ0) is 19.6. The van der Waals surface area contributed by atoms with Crippen LogP contribution in [-0.4, -0.2) is 35.5 Å². The molecule has 0 saturated carbocycles. The molecular formula is C21H27N3O3. The molecule has 2 aromatic rings. The molecule has 0 heterocycles. The van der Waals surface area contributed by atoms with Crippen molar-refractivity contribution in [2.45, 2.75) is 38.3 Å². The Morgan fingerprint density at radius 3 is 2.33 bits per heavy atom. The van der Waals surface area contributed by atoms with Crippen LogP contribution in [0.25, 0.3) is 0 Å². The van der Waals surface area contributed by atoms with Crippen molar-refractivity contribution in [1.29, 1.82) is 0 Å². The van der Waals surface area contributed by atoms with Crippen LogP contribution in [-0.2, 0) is 22.4 Å². The van der Waals surface area contributed by atoms with Gasteiger partial charge in [0.2, 0.25) is 11.8 Å². The Labute approximate surface area is 159 Å². The maximum atomic E-state index is 12.2. The third-order valence-electron chi connectivity index (χ3n) is 4.27. The fourth-order valence-electron chi connectivity index (χ4n) is 2.67. The molecule has 6 heteroatoms. The molecule has 0 aliphatic heterocycles. The lowest BCUT2D eigenvalue weighted by Crippen LogP contribution is -2.51. The van der Waals surface area contributed by atoms with Crippen LogP contribution in [0, 0.1) is 0 Å². The van der Waals surface area contributed by atoms with E-state index in [0.717, 1.165) is 18.4 Å². The summed E-state index contributed by atoms with van der Waals surface area (Å²) in [4.78, 5) is 24.3. The Hall–Kier alpha value is -2.86. The number of hydrogen-bond acceptors (Lipinski definition) is 4. The van der Waals surface area contributed by atoms with Gasteiger partial charge in [0, 0.05) is 6.54 Å². The summed E-state index contributed by atoms with van der Waals surface area (Å²) in [6, 6.07) is 15.2. The Morgan fingerprint density at radius 2 is 1.67 bits per heavy atom. The second kappa shape index (κ2) is 10.3. The van der Waals surface area contributed by atoms with Crippen LogP contribution in [0.4, 0.5) is 0 Å². The standard InChI is InChI=1S/C21H27N3O3/c1-15(20(26)23-13-5-8-16-6-3-2-4-7-16)24-21(27)19(22)14-17-9-11-18(25)12-10-17/h2-4,6-7,9-12,15,19,25H,5,8,13-14,22H2,1H3,(H,23,26)(H,24,27). The lowest BCUT2D eigenvalue weighted by Gasteiger charge is -2.17. The number of phenolic OH excluding ortho intramolecular Hbond substituents is 1. The molecule has 2 rings (SSSR count). The van der Waals surface area contributed by atoms with E-state index >= 15 is 0 Å². The number of hydrogen-bond donors (Lipinski definition) is 4. The predicted molar refractivity (Wildman–Crippen MR) is 105 cm³/mol. The SMILES string of the molecule is CC(NC(=O)C(N)Cc1ccc(O)cc1)C(=O)NCCCc1ccccc1. The van der Waals surface area contributed by atoms with Crippen molar-refractivity contribution in [2.75, 3.05) is 6.54 Å². The number of phenols is 1. The van der Waals surface area contributed by atoms with E-state index in [-0.39, 0.29) is 17.6 Å². The lowest BCUT2D eigenvalue weighted by molar-refractivity contribution is -0.129. The van der Waals surface area contributed by atoms with Crippen molar-refractivity contribution in [3.63, 3.8) is 0 Å². The first kappa shape index (κ1) is 20.5. The fourth-order valence-corrected chi connectivity index (χ4v) is 2.67. The van der Waals surface area contributed by atoms with Gasteiger partial charge < -0.3 is 21.5 Å². The maximum Gasteiger partial charge on any atom is 0.242 e. The summed E-state index contributed by atoms with van der Waals surface area (Å²) in [6.45, 7) is 2.19. The molecule has 0 aromatic heterocycles. The molecule has 0 saturated heterocycles. The number of amides is 2. The molecular weight excluding hydrogens is 342 g/mol. The fraction of sp³-hybridized carbons (Fsp3) is 0.333. The minimum absolute atomic E-state index is 0.161. The monoisotopic (exact) mass is 369 g/mol. The van der Waals surface area contributed by atoms with E-state index in [2.05, 4.69) is 22.8 Å². The second-order valence-corrected chi connectivity index (χ2v) is 6.59. The highest BCUT2D eigenvalue weighted by molar-refractivity contribution is 5.89. The molecule has 2 atom stereocenters. The van der Waals surface area contributed by atoms with E-state index in [9.17, 15) is 14.7 Å². The summed E-state index contributed by atoms with van der Waals surface area (Å²) >= 11 is 0. The van der Waals surface area contributed by atoms with Gasteiger partial charge in [-0.25, -0.2) is 0 Å². The van der Waals surface area contributed by atoms with Crippen LogP contribution in [0.2, 0.25) is 0 Å². The maximum absolute atomic E-state index is 12.2. The molecule has 0 radical (unpaired) electrons. The number of carbonyl (C=O) groups excluding carboxylic acids is 2. The molecule has 5 N–H and O–H groups in total. The molecule has 0 aliphatic rings. The van der Waals surface area contributed by atoms with Gasteiger partial charge >= 0.3 is 0 Å². The first-order valence-corrected chi connectivity index (χ1v) is 9.11. The number of aryl methyl sites for hydroxylation is 1. The molecule has 0 fully saturated rings. The van der Waals surface area contributed by atoms with E-state index in [1.54, 1.807) is 31.2 Å². The van der Waals surface area contributed by atoms with Crippen LogP contribution in [0.5, 0.6) is 5.75 Å². The number of nitrogens with two attached hydrogens (primary N) is 1. The van der Waals surface area contributed by atoms with Crippen LogP contribution < -0.4 is 16.4 Å². The van der Waals surface area contributed by atoms with E-state index in [0.29, 0.717) is 13.0 Å². The van der Waals surface area contributed by atoms with Crippen molar-refractivity contribution in [2.24, 2.45) is 5.73 Å². The molecule has 6 nitrogen and oxygen atoms in total. The Kier molecular flexibility index (Phi) is 7.82. The van der Waals surface area contributed by atoms with Crippen molar-refractivity contribution in [3.8, 4) is 5.75 Å². The van der Waals surface area contributed by atoms with Gasteiger partial charge in [0.05, 0.1) is 6.04 Å². The first-order valence-electron chi connectivity index (χ1n) is 9.11. The van der Waals surface area contributed by atoms with Crippen molar-refractivity contribution >= 4 is 11.8 Å². The van der Waals surface area contributed by atoms with Gasteiger partial charge in [-0.05, 0) is 49.4 Å². The summed E-state index contributed by atoms with van der Waals surface area (Å²) in [5.41, 5.74) is 7.99. The molecule has 144 valence electrons. The Bertz CT molecular complexity index is 732. The first-order chi connectivity index (χ1) is 13.0. The number of nitrogens with one attached hydrogen (secondary N) is 2. The van der Waals surface area contributed by atoms with E-state index < -0.39 is 12.1 Å². The highest BCUT2D eigenvalue weighted by atomic mass is 16.3. The molecule has 27 heavy (non-hydrogen) atoms. The van der Waals surface area contributed by atoms with E-state index in [1.165, 1.54) is 5.56 Å². The van der Waals surface area contributed by atoms with Gasteiger partial charge in [0.1, 0.15) is 11.8 Å². The summed E-state index contributed by atoms with van der Waals surface area (Å²) in [5, 5.41) is 14.8. The number of carbonyl (C=O) groups is 2. The average molecular weight is 369 g/mol. The van der Waals surface area contributed by atoms with Gasteiger partial charge in [-0.1, -0.05) is 42.5 Å². The van der Waals surface area contributed by atoms with Gasteiger partial charge in [0.25, 0.3) is 0 Å². The third-order valence-corrected chi connectivity index (χ3v) is 4.27. The summed E-state index contributed by atoms with van der Waals surface area (Å²) < 4.78 is 0. The Morgan fingerprint density at radius 1 is 1.00 bits per heavy atom. The molecule has 0 bridgehead atoms. The van der Waals surface area contributed by atoms with Gasteiger partial charge in [-0.15, -0.1) is 0 Å². The van der Waals surface area contributed by atoms with E-state index in [4.69, 9.17) is 5.73 Å². The molecule has 0 aliphatic carbocycles. The second-order valence-electron chi connectivity index (χ2n) is 6.59. The Balaban J connectivity index is 1.69.